The largest absolute Gasteiger partial charge is 0.481 e. The van der Waals surface area contributed by atoms with E-state index in [2.05, 4.69) is 6.92 Å². The van der Waals surface area contributed by atoms with Crippen LogP contribution in [-0.4, -0.2) is 23.1 Å². The van der Waals surface area contributed by atoms with E-state index in [1.54, 1.807) is 0 Å². The molecule has 0 radical (unpaired) electrons. The molecule has 0 aliphatic rings. The minimum absolute atomic E-state index is 0.00235. The summed E-state index contributed by atoms with van der Waals surface area (Å²) >= 11 is 0. The summed E-state index contributed by atoms with van der Waals surface area (Å²) in [6.45, 7) is 4.32. The van der Waals surface area contributed by atoms with Gasteiger partial charge in [-0.2, -0.15) is 0 Å². The third kappa shape index (κ3) is 31.1. The van der Waals surface area contributed by atoms with Crippen molar-refractivity contribution in [2.75, 3.05) is 0 Å². The first-order chi connectivity index (χ1) is 18.1. The number of carbonyl (C=O) groups is 2. The molecule has 220 valence electrons. The van der Waals surface area contributed by atoms with E-state index in [0.29, 0.717) is 12.8 Å². The molecule has 0 saturated carbocycles. The van der Waals surface area contributed by atoms with Gasteiger partial charge < -0.3 is 9.84 Å². The normalized spacial score (nSPS) is 12.1. The van der Waals surface area contributed by atoms with Crippen LogP contribution in [0, 0.1) is 0 Å². The molecule has 0 aliphatic carbocycles. The van der Waals surface area contributed by atoms with Crippen LogP contribution in [0.5, 0.6) is 0 Å². The predicted octanol–water partition coefficient (Wildman–Crippen LogP) is 10.9. The predicted molar refractivity (Wildman–Crippen MR) is 158 cm³/mol. The van der Waals surface area contributed by atoms with E-state index in [1.165, 1.54) is 128 Å². The van der Waals surface area contributed by atoms with Crippen LogP contribution in [0.25, 0.3) is 0 Å². The van der Waals surface area contributed by atoms with E-state index in [-0.39, 0.29) is 12.1 Å². The quantitative estimate of drug-likeness (QED) is 0.0749. The number of carboxylic acid groups (broad SMARTS) is 1. The average Bonchev–Trinajstić information content (AvgIpc) is 2.86. The van der Waals surface area contributed by atoms with E-state index < -0.39 is 5.97 Å². The van der Waals surface area contributed by atoms with Crippen molar-refractivity contribution in [1.29, 1.82) is 0 Å². The van der Waals surface area contributed by atoms with Crippen LogP contribution in [0.4, 0.5) is 0 Å². The van der Waals surface area contributed by atoms with Gasteiger partial charge in [0.2, 0.25) is 0 Å². The van der Waals surface area contributed by atoms with E-state index >= 15 is 0 Å². The molecule has 0 saturated heterocycles. The van der Waals surface area contributed by atoms with Crippen LogP contribution in [0.15, 0.2) is 0 Å². The van der Waals surface area contributed by atoms with E-state index in [1.807, 2.05) is 6.92 Å². The van der Waals surface area contributed by atoms with Crippen LogP contribution in [0.1, 0.15) is 194 Å². The highest BCUT2D eigenvalue weighted by atomic mass is 16.5. The van der Waals surface area contributed by atoms with E-state index in [9.17, 15) is 9.59 Å². The van der Waals surface area contributed by atoms with Crippen molar-refractivity contribution in [3.63, 3.8) is 0 Å². The monoisotopic (exact) mass is 524 g/mol. The highest BCUT2D eigenvalue weighted by Gasteiger charge is 2.09. The van der Waals surface area contributed by atoms with Crippen LogP contribution in [0.2, 0.25) is 0 Å². The lowest BCUT2D eigenvalue weighted by Gasteiger charge is -2.13. The molecule has 1 atom stereocenters. The number of unbranched alkanes of at least 4 members (excludes halogenated alkanes) is 23. The zero-order valence-corrected chi connectivity index (χ0v) is 25.0. The Labute approximate surface area is 231 Å². The standard InChI is InChI=1S/C33H64O4/c1-3-4-5-6-7-8-9-10-15-18-21-24-27-30-33(36)37-31(2)28-25-22-19-16-13-11-12-14-17-20-23-26-29-32(34)35/h31H,3-30H2,1-2H3,(H,34,35). The molecule has 4 heteroatoms. The number of ether oxygens (including phenoxy) is 1. The molecule has 0 bridgehead atoms. The van der Waals surface area contributed by atoms with Crippen LogP contribution in [0.3, 0.4) is 0 Å². The van der Waals surface area contributed by atoms with Crippen molar-refractivity contribution < 1.29 is 19.4 Å². The summed E-state index contributed by atoms with van der Waals surface area (Å²) in [6, 6.07) is 0. The molecule has 0 fully saturated rings. The second kappa shape index (κ2) is 29.5. The minimum atomic E-state index is -0.671. The maximum Gasteiger partial charge on any atom is 0.306 e. The molecule has 4 nitrogen and oxygen atoms in total. The Morgan fingerprint density at radius 3 is 1.22 bits per heavy atom. The first-order valence-corrected chi connectivity index (χ1v) is 16.5. The van der Waals surface area contributed by atoms with Crippen LogP contribution >= 0.6 is 0 Å². The molecule has 0 aliphatic heterocycles. The molecule has 0 aromatic carbocycles. The van der Waals surface area contributed by atoms with Crippen LogP contribution < -0.4 is 0 Å². The SMILES string of the molecule is CCCCCCCCCCCCCCCC(=O)OC(C)CCCCCCCCCCCCCCC(=O)O. The average molecular weight is 525 g/mol. The fraction of sp³-hybridized carbons (Fsp3) is 0.939. The minimum Gasteiger partial charge on any atom is -0.481 e. The fourth-order valence-corrected chi connectivity index (χ4v) is 5.11. The number of carbonyl (C=O) groups excluding carboxylic acids is 1. The molecular weight excluding hydrogens is 460 g/mol. The molecule has 1 unspecified atom stereocenters. The molecule has 0 aromatic rings. The number of rotatable bonds is 30. The summed E-state index contributed by atoms with van der Waals surface area (Å²) in [4.78, 5) is 22.5. The number of aliphatic carboxylic acids is 1. The number of esters is 1. The third-order valence-corrected chi connectivity index (χ3v) is 7.57. The zero-order valence-electron chi connectivity index (χ0n) is 25.0. The molecule has 0 aromatic heterocycles. The number of carboxylic acids is 1. The van der Waals surface area contributed by atoms with Gasteiger partial charge in [-0.1, -0.05) is 148 Å². The van der Waals surface area contributed by atoms with Crippen molar-refractivity contribution in [2.24, 2.45) is 0 Å². The lowest BCUT2D eigenvalue weighted by atomic mass is 10.0. The summed E-state index contributed by atoms with van der Waals surface area (Å²) in [5.41, 5.74) is 0. The summed E-state index contributed by atoms with van der Waals surface area (Å²) in [7, 11) is 0. The molecule has 37 heavy (non-hydrogen) atoms. The fourth-order valence-electron chi connectivity index (χ4n) is 5.11. The van der Waals surface area contributed by atoms with Crippen molar-refractivity contribution in [1.82, 2.24) is 0 Å². The summed E-state index contributed by atoms with van der Waals surface area (Å²) in [5.74, 6) is -0.673. The van der Waals surface area contributed by atoms with E-state index in [0.717, 1.165) is 38.5 Å². The van der Waals surface area contributed by atoms with Gasteiger partial charge in [-0.25, -0.2) is 0 Å². The Balaban J connectivity index is 3.29. The van der Waals surface area contributed by atoms with Gasteiger partial charge in [0, 0.05) is 12.8 Å². The first kappa shape index (κ1) is 35.9. The van der Waals surface area contributed by atoms with Crippen molar-refractivity contribution in [2.45, 2.75) is 200 Å². The molecular formula is C33H64O4. The molecule has 0 amide bonds. The third-order valence-electron chi connectivity index (χ3n) is 7.57. The van der Waals surface area contributed by atoms with Gasteiger partial charge in [0.05, 0.1) is 6.10 Å². The maximum absolute atomic E-state index is 12.1. The Kier molecular flexibility index (Phi) is 28.7. The Morgan fingerprint density at radius 1 is 0.514 bits per heavy atom. The van der Waals surface area contributed by atoms with E-state index in [4.69, 9.17) is 9.84 Å². The van der Waals surface area contributed by atoms with Crippen molar-refractivity contribution in [3.05, 3.63) is 0 Å². The smallest absolute Gasteiger partial charge is 0.306 e. The van der Waals surface area contributed by atoms with Crippen molar-refractivity contribution >= 4 is 11.9 Å². The van der Waals surface area contributed by atoms with Gasteiger partial charge >= 0.3 is 11.9 Å². The van der Waals surface area contributed by atoms with Gasteiger partial charge in [-0.15, -0.1) is 0 Å². The lowest BCUT2D eigenvalue weighted by Crippen LogP contribution is -2.14. The Morgan fingerprint density at radius 2 is 0.838 bits per heavy atom. The van der Waals surface area contributed by atoms with Crippen molar-refractivity contribution in [3.8, 4) is 0 Å². The topological polar surface area (TPSA) is 63.6 Å². The summed E-state index contributed by atoms with van der Waals surface area (Å²) in [6.07, 6.45) is 33.8. The number of hydrogen-bond acceptors (Lipinski definition) is 3. The van der Waals surface area contributed by atoms with Gasteiger partial charge in [-0.3, -0.25) is 9.59 Å². The van der Waals surface area contributed by atoms with Gasteiger partial charge in [0.15, 0.2) is 0 Å². The van der Waals surface area contributed by atoms with Gasteiger partial charge in [0.1, 0.15) is 0 Å². The Hall–Kier alpha value is -1.06. The van der Waals surface area contributed by atoms with Gasteiger partial charge in [-0.05, 0) is 32.6 Å². The highest BCUT2D eigenvalue weighted by molar-refractivity contribution is 5.69. The second-order valence-corrected chi connectivity index (χ2v) is 11.5. The maximum atomic E-state index is 12.1. The second-order valence-electron chi connectivity index (χ2n) is 11.5. The summed E-state index contributed by atoms with van der Waals surface area (Å²) < 4.78 is 5.61. The first-order valence-electron chi connectivity index (χ1n) is 16.5. The number of hydrogen-bond donors (Lipinski definition) is 1. The molecule has 0 heterocycles. The lowest BCUT2D eigenvalue weighted by molar-refractivity contribution is -0.148. The molecule has 1 N–H and O–H groups in total. The van der Waals surface area contributed by atoms with Crippen LogP contribution in [-0.2, 0) is 14.3 Å². The molecule has 0 rings (SSSR count). The summed E-state index contributed by atoms with van der Waals surface area (Å²) in [5, 5.41) is 8.62. The highest BCUT2D eigenvalue weighted by Crippen LogP contribution is 2.16. The zero-order chi connectivity index (χ0) is 27.2. The molecule has 0 spiro atoms. The Bertz CT molecular complexity index is 491. The van der Waals surface area contributed by atoms with Gasteiger partial charge in [0.25, 0.3) is 0 Å².